The molecule has 0 aliphatic carbocycles. The minimum Gasteiger partial charge on any atom is -0.369 e. The fraction of sp³-hybridized carbons (Fsp3) is 0.333. The van der Waals surface area contributed by atoms with Gasteiger partial charge < -0.3 is 4.90 Å². The van der Waals surface area contributed by atoms with Gasteiger partial charge in [-0.2, -0.15) is 4.31 Å². The van der Waals surface area contributed by atoms with Crippen LogP contribution >= 0.6 is 0 Å². The van der Waals surface area contributed by atoms with Crippen molar-refractivity contribution in [1.29, 1.82) is 0 Å². The lowest BCUT2D eigenvalue weighted by Gasteiger charge is -2.35. The van der Waals surface area contributed by atoms with E-state index < -0.39 is 15.8 Å². The molecule has 0 aromatic heterocycles. The molecule has 1 aliphatic rings. The van der Waals surface area contributed by atoms with Crippen molar-refractivity contribution in [3.63, 3.8) is 0 Å². The van der Waals surface area contributed by atoms with Crippen LogP contribution in [-0.2, 0) is 10.0 Å². The first-order valence-corrected chi connectivity index (χ1v) is 9.40. The third-order valence-electron chi connectivity index (χ3n) is 4.53. The standard InChI is InChI=1S/C18H21FN2O2S/c1-14-6-7-17(12-15(14)2)20-8-10-21(11-9-20)24(22,23)18-5-3-4-16(19)13-18/h3-7,12-13H,8-11H2,1-2H3. The summed E-state index contributed by atoms with van der Waals surface area (Å²) in [7, 11) is -3.64. The molecule has 1 saturated heterocycles. The summed E-state index contributed by atoms with van der Waals surface area (Å²) < 4.78 is 40.0. The Hall–Kier alpha value is -1.92. The Balaban J connectivity index is 1.73. The normalized spacial score (nSPS) is 16.4. The fourth-order valence-corrected chi connectivity index (χ4v) is 4.34. The molecule has 0 unspecified atom stereocenters. The summed E-state index contributed by atoms with van der Waals surface area (Å²) in [6.45, 7) is 6.18. The number of aryl methyl sites for hydroxylation is 2. The van der Waals surface area contributed by atoms with Gasteiger partial charge in [0.05, 0.1) is 4.90 Å². The van der Waals surface area contributed by atoms with Crippen molar-refractivity contribution in [2.45, 2.75) is 18.7 Å². The van der Waals surface area contributed by atoms with Crippen molar-refractivity contribution < 1.29 is 12.8 Å². The zero-order chi connectivity index (χ0) is 17.3. The van der Waals surface area contributed by atoms with Gasteiger partial charge in [-0.1, -0.05) is 12.1 Å². The van der Waals surface area contributed by atoms with E-state index in [9.17, 15) is 12.8 Å². The molecule has 0 radical (unpaired) electrons. The second kappa shape index (κ2) is 6.53. The summed E-state index contributed by atoms with van der Waals surface area (Å²) in [5.41, 5.74) is 3.58. The zero-order valence-electron chi connectivity index (χ0n) is 13.9. The average Bonchev–Trinajstić information content (AvgIpc) is 2.57. The molecular weight excluding hydrogens is 327 g/mol. The second-order valence-electron chi connectivity index (χ2n) is 6.12. The van der Waals surface area contributed by atoms with Crippen LogP contribution in [0.15, 0.2) is 47.4 Å². The minimum absolute atomic E-state index is 0.0159. The summed E-state index contributed by atoms with van der Waals surface area (Å²) in [6, 6.07) is 11.5. The quantitative estimate of drug-likeness (QED) is 0.856. The van der Waals surface area contributed by atoms with Gasteiger partial charge in [-0.3, -0.25) is 0 Å². The van der Waals surface area contributed by atoms with E-state index in [-0.39, 0.29) is 4.90 Å². The highest BCUT2D eigenvalue weighted by Gasteiger charge is 2.28. The van der Waals surface area contributed by atoms with Crippen LogP contribution < -0.4 is 4.90 Å². The van der Waals surface area contributed by atoms with Crippen LogP contribution in [0, 0.1) is 19.7 Å². The number of rotatable bonds is 3. The first kappa shape index (κ1) is 16.9. The molecule has 128 valence electrons. The molecule has 0 N–H and O–H groups in total. The third kappa shape index (κ3) is 3.30. The van der Waals surface area contributed by atoms with Crippen molar-refractivity contribution in [2.75, 3.05) is 31.1 Å². The second-order valence-corrected chi connectivity index (χ2v) is 8.06. The van der Waals surface area contributed by atoms with Gasteiger partial charge >= 0.3 is 0 Å². The average molecular weight is 348 g/mol. The maximum Gasteiger partial charge on any atom is 0.243 e. The lowest BCUT2D eigenvalue weighted by Crippen LogP contribution is -2.48. The Kier molecular flexibility index (Phi) is 4.60. The molecule has 0 amide bonds. The van der Waals surface area contributed by atoms with Crippen LogP contribution in [0.5, 0.6) is 0 Å². The van der Waals surface area contributed by atoms with Gasteiger partial charge in [-0.25, -0.2) is 12.8 Å². The molecule has 3 rings (SSSR count). The topological polar surface area (TPSA) is 40.6 Å². The zero-order valence-corrected chi connectivity index (χ0v) is 14.7. The van der Waals surface area contributed by atoms with Crippen LogP contribution in [0.25, 0.3) is 0 Å². The van der Waals surface area contributed by atoms with Crippen molar-refractivity contribution in [1.82, 2.24) is 4.31 Å². The maximum absolute atomic E-state index is 13.3. The highest BCUT2D eigenvalue weighted by Crippen LogP contribution is 2.23. The number of sulfonamides is 1. The monoisotopic (exact) mass is 348 g/mol. The molecule has 0 atom stereocenters. The maximum atomic E-state index is 13.3. The molecule has 24 heavy (non-hydrogen) atoms. The van der Waals surface area contributed by atoms with Crippen LogP contribution in [0.3, 0.4) is 0 Å². The number of hydrogen-bond donors (Lipinski definition) is 0. The highest BCUT2D eigenvalue weighted by molar-refractivity contribution is 7.89. The largest absolute Gasteiger partial charge is 0.369 e. The van der Waals surface area contributed by atoms with Crippen molar-refractivity contribution >= 4 is 15.7 Å². The van der Waals surface area contributed by atoms with E-state index in [1.165, 1.54) is 33.6 Å². The van der Waals surface area contributed by atoms with Crippen LogP contribution in [0.1, 0.15) is 11.1 Å². The smallest absolute Gasteiger partial charge is 0.243 e. The Morgan fingerprint density at radius 3 is 2.25 bits per heavy atom. The van der Waals surface area contributed by atoms with Gasteiger partial charge in [-0.15, -0.1) is 0 Å². The number of halogens is 1. The van der Waals surface area contributed by atoms with E-state index in [0.717, 1.165) is 11.8 Å². The van der Waals surface area contributed by atoms with Gasteiger partial charge in [0.2, 0.25) is 10.0 Å². The van der Waals surface area contributed by atoms with E-state index in [0.29, 0.717) is 26.2 Å². The molecule has 0 saturated carbocycles. The lowest BCUT2D eigenvalue weighted by molar-refractivity contribution is 0.384. The molecule has 0 bridgehead atoms. The van der Waals surface area contributed by atoms with Crippen LogP contribution in [0.4, 0.5) is 10.1 Å². The fourth-order valence-electron chi connectivity index (χ4n) is 2.89. The highest BCUT2D eigenvalue weighted by atomic mass is 32.2. The Morgan fingerprint density at radius 2 is 1.62 bits per heavy atom. The Labute approximate surface area is 142 Å². The summed E-state index contributed by atoms with van der Waals surface area (Å²) in [6.07, 6.45) is 0. The summed E-state index contributed by atoms with van der Waals surface area (Å²) in [5, 5.41) is 0. The number of anilines is 1. The molecule has 4 nitrogen and oxygen atoms in total. The van der Waals surface area contributed by atoms with E-state index in [2.05, 4.69) is 36.9 Å². The Bertz CT molecular complexity index is 844. The summed E-state index contributed by atoms with van der Waals surface area (Å²) in [5.74, 6) is -0.537. The number of nitrogens with zero attached hydrogens (tertiary/aromatic N) is 2. The molecule has 2 aromatic carbocycles. The number of hydrogen-bond acceptors (Lipinski definition) is 3. The van der Waals surface area contributed by atoms with Gasteiger partial charge in [0.1, 0.15) is 5.82 Å². The molecule has 6 heteroatoms. The molecule has 0 spiro atoms. The van der Waals surface area contributed by atoms with Crippen molar-refractivity contribution in [2.24, 2.45) is 0 Å². The summed E-state index contributed by atoms with van der Waals surface area (Å²) in [4.78, 5) is 2.20. The number of benzene rings is 2. The Morgan fingerprint density at radius 1 is 0.917 bits per heavy atom. The van der Waals surface area contributed by atoms with Crippen LogP contribution in [-0.4, -0.2) is 38.9 Å². The molecule has 1 fully saturated rings. The van der Waals surface area contributed by atoms with Gasteiger partial charge in [0.25, 0.3) is 0 Å². The molecule has 2 aromatic rings. The van der Waals surface area contributed by atoms with Gasteiger partial charge in [-0.05, 0) is 55.3 Å². The van der Waals surface area contributed by atoms with E-state index in [1.54, 1.807) is 0 Å². The van der Waals surface area contributed by atoms with Crippen LogP contribution in [0.2, 0.25) is 0 Å². The lowest BCUT2D eigenvalue weighted by atomic mass is 10.1. The summed E-state index contributed by atoms with van der Waals surface area (Å²) >= 11 is 0. The molecule has 1 heterocycles. The van der Waals surface area contributed by atoms with E-state index in [4.69, 9.17) is 0 Å². The SMILES string of the molecule is Cc1ccc(N2CCN(S(=O)(=O)c3cccc(F)c3)CC2)cc1C. The van der Waals surface area contributed by atoms with Crippen molar-refractivity contribution in [3.05, 3.63) is 59.4 Å². The molecular formula is C18H21FN2O2S. The van der Waals surface area contributed by atoms with E-state index in [1.807, 2.05) is 0 Å². The minimum atomic E-state index is -3.64. The van der Waals surface area contributed by atoms with Gasteiger partial charge in [0.15, 0.2) is 0 Å². The molecule has 1 aliphatic heterocycles. The van der Waals surface area contributed by atoms with E-state index >= 15 is 0 Å². The van der Waals surface area contributed by atoms with Gasteiger partial charge in [0, 0.05) is 31.9 Å². The third-order valence-corrected chi connectivity index (χ3v) is 6.42. The predicted octanol–water partition coefficient (Wildman–Crippen LogP) is 2.95. The first-order chi connectivity index (χ1) is 11.4. The van der Waals surface area contributed by atoms with Crippen molar-refractivity contribution in [3.8, 4) is 0 Å². The predicted molar refractivity (Wildman–Crippen MR) is 93.3 cm³/mol. The first-order valence-electron chi connectivity index (χ1n) is 7.96. The number of piperazine rings is 1.